The smallest absolute Gasteiger partial charge is 0.255 e. The van der Waals surface area contributed by atoms with Gasteiger partial charge in [-0.25, -0.2) is 13.4 Å². The van der Waals surface area contributed by atoms with Crippen LogP contribution in [0.15, 0.2) is 23.4 Å². The van der Waals surface area contributed by atoms with E-state index in [1.165, 1.54) is 18.3 Å². The Morgan fingerprint density at radius 2 is 2.21 bits per heavy atom. The van der Waals surface area contributed by atoms with E-state index in [2.05, 4.69) is 4.98 Å². The van der Waals surface area contributed by atoms with Crippen molar-refractivity contribution in [3.05, 3.63) is 23.9 Å². The molecule has 7 heteroatoms. The molecule has 0 saturated carbocycles. The first kappa shape index (κ1) is 14.0. The summed E-state index contributed by atoms with van der Waals surface area (Å²) in [6.45, 7) is 1.22. The molecule has 1 aliphatic rings. The third-order valence-corrected chi connectivity index (χ3v) is 4.11. The molecule has 19 heavy (non-hydrogen) atoms. The van der Waals surface area contributed by atoms with E-state index in [9.17, 15) is 13.2 Å². The molecule has 1 aromatic heterocycles. The molecular formula is C12H17N3O3S. The van der Waals surface area contributed by atoms with Crippen molar-refractivity contribution in [3.63, 3.8) is 0 Å². The second-order valence-electron chi connectivity index (χ2n) is 4.81. The van der Waals surface area contributed by atoms with Crippen molar-refractivity contribution < 1.29 is 13.2 Å². The van der Waals surface area contributed by atoms with Crippen molar-refractivity contribution in [2.24, 2.45) is 5.73 Å². The van der Waals surface area contributed by atoms with Gasteiger partial charge in [0.2, 0.25) is 0 Å². The van der Waals surface area contributed by atoms with Crippen LogP contribution in [0.1, 0.15) is 23.2 Å². The Bertz CT molecular complexity index is 568. The summed E-state index contributed by atoms with van der Waals surface area (Å²) in [5.74, 6) is -0.150. The fraction of sp³-hybridized carbons (Fsp3) is 0.500. The Balaban J connectivity index is 2.16. The minimum atomic E-state index is -3.33. The molecule has 1 amide bonds. The molecule has 0 aliphatic carbocycles. The maximum atomic E-state index is 12.2. The number of nitrogens with zero attached hydrogens (tertiary/aromatic N) is 2. The van der Waals surface area contributed by atoms with Crippen molar-refractivity contribution in [2.75, 3.05) is 19.3 Å². The molecule has 1 unspecified atom stereocenters. The van der Waals surface area contributed by atoms with Gasteiger partial charge < -0.3 is 10.6 Å². The number of nitrogens with two attached hydrogens (primary N) is 1. The summed E-state index contributed by atoms with van der Waals surface area (Å²) in [5, 5.41) is -0.0283. The standard InChI is InChI=1S/C12H17N3O3S/c1-19(17,18)11-5-4-9(7-14-11)12(16)15-6-2-3-10(13)8-15/h4-5,7,10H,2-3,6,8,13H2,1H3. The molecule has 0 radical (unpaired) electrons. The molecule has 0 spiro atoms. The molecule has 2 rings (SSSR count). The predicted octanol–water partition coefficient (Wildman–Crippen LogP) is 0.0484. The first-order chi connectivity index (χ1) is 8.88. The lowest BCUT2D eigenvalue weighted by Crippen LogP contribution is -2.45. The third-order valence-electron chi connectivity index (χ3n) is 3.11. The van der Waals surface area contributed by atoms with Gasteiger partial charge in [0, 0.05) is 31.6 Å². The molecule has 2 N–H and O–H groups in total. The normalized spacial score (nSPS) is 20.3. The fourth-order valence-corrected chi connectivity index (χ4v) is 2.66. The van der Waals surface area contributed by atoms with Crippen molar-refractivity contribution in [1.82, 2.24) is 9.88 Å². The van der Waals surface area contributed by atoms with E-state index in [1.54, 1.807) is 4.90 Å². The number of hydrogen-bond donors (Lipinski definition) is 1. The van der Waals surface area contributed by atoms with E-state index in [-0.39, 0.29) is 17.0 Å². The number of carbonyl (C=O) groups is 1. The van der Waals surface area contributed by atoms with Crippen LogP contribution in [0.3, 0.4) is 0 Å². The Hall–Kier alpha value is -1.47. The lowest BCUT2D eigenvalue weighted by molar-refractivity contribution is 0.0708. The van der Waals surface area contributed by atoms with E-state index in [4.69, 9.17) is 5.73 Å². The summed E-state index contributed by atoms with van der Waals surface area (Å²) in [7, 11) is -3.33. The molecule has 6 nitrogen and oxygen atoms in total. The Labute approximate surface area is 112 Å². The highest BCUT2D eigenvalue weighted by molar-refractivity contribution is 7.90. The van der Waals surface area contributed by atoms with Gasteiger partial charge in [0.1, 0.15) is 0 Å². The van der Waals surface area contributed by atoms with Crippen LogP contribution in [0.4, 0.5) is 0 Å². The number of likely N-dealkylation sites (tertiary alicyclic amines) is 1. The molecule has 1 aromatic rings. The number of hydrogen-bond acceptors (Lipinski definition) is 5. The molecule has 104 valence electrons. The monoisotopic (exact) mass is 283 g/mol. The number of piperidine rings is 1. The highest BCUT2D eigenvalue weighted by Gasteiger charge is 2.22. The molecule has 1 atom stereocenters. The largest absolute Gasteiger partial charge is 0.337 e. The average molecular weight is 283 g/mol. The minimum Gasteiger partial charge on any atom is -0.337 e. The molecule has 1 fully saturated rings. The molecule has 0 aromatic carbocycles. The lowest BCUT2D eigenvalue weighted by Gasteiger charge is -2.30. The lowest BCUT2D eigenvalue weighted by atomic mass is 10.1. The number of aromatic nitrogens is 1. The highest BCUT2D eigenvalue weighted by atomic mass is 32.2. The predicted molar refractivity (Wildman–Crippen MR) is 70.5 cm³/mol. The van der Waals surface area contributed by atoms with Gasteiger partial charge in [0.15, 0.2) is 14.9 Å². The van der Waals surface area contributed by atoms with E-state index < -0.39 is 9.84 Å². The van der Waals surface area contributed by atoms with Crippen LogP contribution >= 0.6 is 0 Å². The van der Waals surface area contributed by atoms with Gasteiger partial charge in [-0.15, -0.1) is 0 Å². The minimum absolute atomic E-state index is 0.0148. The van der Waals surface area contributed by atoms with Crippen LogP contribution in [0, 0.1) is 0 Å². The van der Waals surface area contributed by atoms with E-state index in [0.29, 0.717) is 18.7 Å². The van der Waals surface area contributed by atoms with E-state index in [1.807, 2.05) is 0 Å². The van der Waals surface area contributed by atoms with Crippen molar-refractivity contribution in [3.8, 4) is 0 Å². The summed E-state index contributed by atoms with van der Waals surface area (Å²) in [4.78, 5) is 17.7. The summed E-state index contributed by atoms with van der Waals surface area (Å²) in [6.07, 6.45) is 4.20. The quantitative estimate of drug-likeness (QED) is 0.827. The SMILES string of the molecule is CS(=O)(=O)c1ccc(C(=O)N2CCCC(N)C2)cn1. The second-order valence-corrected chi connectivity index (χ2v) is 6.77. The zero-order chi connectivity index (χ0) is 14.0. The van der Waals surface area contributed by atoms with E-state index >= 15 is 0 Å². The van der Waals surface area contributed by atoms with Crippen LogP contribution in [-0.4, -0.2) is 49.6 Å². The van der Waals surface area contributed by atoms with Crippen LogP contribution < -0.4 is 5.73 Å². The van der Waals surface area contributed by atoms with Gasteiger partial charge in [-0.1, -0.05) is 0 Å². The number of sulfone groups is 1. The molecule has 1 aliphatic heterocycles. The van der Waals surface area contributed by atoms with E-state index in [0.717, 1.165) is 19.1 Å². The van der Waals surface area contributed by atoms with Crippen LogP contribution in [-0.2, 0) is 9.84 Å². The number of pyridine rings is 1. The average Bonchev–Trinajstić information content (AvgIpc) is 2.37. The molecule has 0 bridgehead atoms. The maximum absolute atomic E-state index is 12.2. The Morgan fingerprint density at radius 1 is 1.47 bits per heavy atom. The van der Waals surface area contributed by atoms with Crippen LogP contribution in [0.5, 0.6) is 0 Å². The molecular weight excluding hydrogens is 266 g/mol. The first-order valence-corrected chi connectivity index (χ1v) is 7.98. The van der Waals surface area contributed by atoms with Gasteiger partial charge in [-0.2, -0.15) is 0 Å². The number of amides is 1. The van der Waals surface area contributed by atoms with Gasteiger partial charge >= 0.3 is 0 Å². The second kappa shape index (κ2) is 5.26. The summed E-state index contributed by atoms with van der Waals surface area (Å²) in [6, 6.07) is 2.86. The van der Waals surface area contributed by atoms with Gasteiger partial charge in [0.05, 0.1) is 5.56 Å². The third kappa shape index (κ3) is 3.30. The van der Waals surface area contributed by atoms with Crippen molar-refractivity contribution >= 4 is 15.7 Å². The number of rotatable bonds is 2. The summed E-state index contributed by atoms with van der Waals surface area (Å²) >= 11 is 0. The molecule has 2 heterocycles. The highest BCUT2D eigenvalue weighted by Crippen LogP contribution is 2.13. The first-order valence-electron chi connectivity index (χ1n) is 6.09. The Morgan fingerprint density at radius 3 is 2.74 bits per heavy atom. The number of carbonyl (C=O) groups excluding carboxylic acids is 1. The fourth-order valence-electron chi connectivity index (χ4n) is 2.10. The summed E-state index contributed by atoms with van der Waals surface area (Å²) in [5.41, 5.74) is 6.22. The van der Waals surface area contributed by atoms with Gasteiger partial charge in [-0.05, 0) is 25.0 Å². The topological polar surface area (TPSA) is 93.4 Å². The van der Waals surface area contributed by atoms with Crippen LogP contribution in [0.25, 0.3) is 0 Å². The maximum Gasteiger partial charge on any atom is 0.255 e. The van der Waals surface area contributed by atoms with Gasteiger partial charge in [-0.3, -0.25) is 4.79 Å². The van der Waals surface area contributed by atoms with Crippen molar-refractivity contribution in [1.29, 1.82) is 0 Å². The van der Waals surface area contributed by atoms with Crippen LogP contribution in [0.2, 0.25) is 0 Å². The summed E-state index contributed by atoms with van der Waals surface area (Å²) < 4.78 is 22.6. The van der Waals surface area contributed by atoms with Crippen molar-refractivity contribution in [2.45, 2.75) is 23.9 Å². The molecule has 1 saturated heterocycles. The van der Waals surface area contributed by atoms with Gasteiger partial charge in [0.25, 0.3) is 5.91 Å². The Kier molecular flexibility index (Phi) is 3.86. The zero-order valence-corrected chi connectivity index (χ0v) is 11.6. The zero-order valence-electron chi connectivity index (χ0n) is 10.7.